The van der Waals surface area contributed by atoms with Crippen LogP contribution in [0.4, 0.5) is 0 Å². The SMILES string of the molecule is N#[N+]C1=c2cc/c(=c3/cccc4c3=CC=C(N=[N-])C4=O)cc2C=CC1=O. The highest BCUT2D eigenvalue weighted by Crippen LogP contribution is 2.13. The second kappa shape index (κ2) is 5.83. The number of benzene rings is 2. The zero-order valence-corrected chi connectivity index (χ0v) is 13.4. The van der Waals surface area contributed by atoms with Gasteiger partial charge in [0, 0.05) is 5.56 Å². The highest BCUT2D eigenvalue weighted by molar-refractivity contribution is 6.25. The summed E-state index contributed by atoms with van der Waals surface area (Å²) in [5.41, 5.74) is 10.1. The van der Waals surface area contributed by atoms with Crippen LogP contribution in [0.1, 0.15) is 15.9 Å². The van der Waals surface area contributed by atoms with Crippen LogP contribution in [0.3, 0.4) is 0 Å². The molecule has 0 heterocycles. The maximum Gasteiger partial charge on any atom is 0.439 e. The van der Waals surface area contributed by atoms with Gasteiger partial charge in [-0.25, -0.2) is 0 Å². The number of ketones is 2. The molecule has 122 valence electrons. The van der Waals surface area contributed by atoms with Crippen molar-refractivity contribution in [3.05, 3.63) is 96.8 Å². The summed E-state index contributed by atoms with van der Waals surface area (Å²) in [7, 11) is 0. The second-order valence-electron chi connectivity index (χ2n) is 5.86. The van der Waals surface area contributed by atoms with Crippen LogP contribution in [0.5, 0.6) is 0 Å². The Morgan fingerprint density at radius 3 is 2.62 bits per heavy atom. The van der Waals surface area contributed by atoms with Crippen molar-refractivity contribution in [2.75, 3.05) is 0 Å². The summed E-state index contributed by atoms with van der Waals surface area (Å²) in [6.45, 7) is 0. The minimum Gasteiger partial charge on any atom is -0.706 e. The van der Waals surface area contributed by atoms with Crippen LogP contribution in [-0.4, -0.2) is 11.6 Å². The van der Waals surface area contributed by atoms with E-state index in [0.717, 1.165) is 21.2 Å². The fraction of sp³-hybridized carbons (Fsp3) is 0. The average molecular weight is 338 g/mol. The van der Waals surface area contributed by atoms with Gasteiger partial charge in [-0.3, -0.25) is 9.59 Å². The van der Waals surface area contributed by atoms with Crippen molar-refractivity contribution < 1.29 is 9.59 Å². The van der Waals surface area contributed by atoms with Crippen molar-refractivity contribution in [2.45, 2.75) is 0 Å². The standard InChI is InChI=1S/C20H10N4O2/c21-23-17-8-7-15-13(2-1-3-16(15)20(17)26)11-4-6-14-12(10-11)5-9-18(25)19(14)24-22/h1-10H/b13-11+. The third-order valence-electron chi connectivity index (χ3n) is 4.46. The van der Waals surface area contributed by atoms with Crippen LogP contribution in [0.25, 0.3) is 28.4 Å². The molecule has 2 aromatic carbocycles. The van der Waals surface area contributed by atoms with E-state index in [4.69, 9.17) is 10.9 Å². The van der Waals surface area contributed by atoms with Gasteiger partial charge < -0.3 is 10.6 Å². The van der Waals surface area contributed by atoms with Crippen LogP contribution in [0.15, 0.2) is 59.4 Å². The first-order valence-electron chi connectivity index (χ1n) is 7.81. The van der Waals surface area contributed by atoms with Gasteiger partial charge in [-0.05, 0) is 51.6 Å². The Bertz CT molecular complexity index is 1340. The molecular weight excluding hydrogens is 328 g/mol. The number of Topliss-reactive ketones (excluding diaryl/α,β-unsaturated/α-hetero) is 1. The quantitative estimate of drug-likeness (QED) is 0.590. The molecule has 0 atom stereocenters. The molecule has 4 rings (SSSR count). The lowest BCUT2D eigenvalue weighted by Gasteiger charge is -2.09. The molecule has 0 saturated heterocycles. The molecule has 0 saturated carbocycles. The van der Waals surface area contributed by atoms with E-state index < -0.39 is 0 Å². The Morgan fingerprint density at radius 2 is 1.85 bits per heavy atom. The molecule has 0 spiro atoms. The predicted molar refractivity (Wildman–Crippen MR) is 95.0 cm³/mol. The zero-order valence-electron chi connectivity index (χ0n) is 13.4. The number of fused-ring (bicyclic) bond motifs is 2. The van der Waals surface area contributed by atoms with Crippen molar-refractivity contribution in [2.24, 2.45) is 5.11 Å². The van der Waals surface area contributed by atoms with Gasteiger partial charge in [0.2, 0.25) is 11.2 Å². The molecule has 0 radical (unpaired) electrons. The molecule has 0 aromatic heterocycles. The van der Waals surface area contributed by atoms with Gasteiger partial charge in [-0.1, -0.05) is 30.3 Å². The fourth-order valence-electron chi connectivity index (χ4n) is 3.21. The number of rotatable bonds is 1. The third kappa shape index (κ3) is 2.23. The second-order valence-corrected chi connectivity index (χ2v) is 5.86. The largest absolute Gasteiger partial charge is 0.706 e. The molecule has 2 aliphatic rings. The van der Waals surface area contributed by atoms with Gasteiger partial charge >= 0.3 is 5.70 Å². The molecule has 0 aliphatic heterocycles. The fourth-order valence-corrected chi connectivity index (χ4v) is 3.21. The number of hydrogen-bond donors (Lipinski definition) is 0. The van der Waals surface area contributed by atoms with Gasteiger partial charge in [0.05, 0.1) is 10.9 Å². The van der Waals surface area contributed by atoms with E-state index in [2.05, 4.69) is 10.1 Å². The highest BCUT2D eigenvalue weighted by Gasteiger charge is 2.25. The minimum atomic E-state index is -0.353. The molecule has 0 unspecified atom stereocenters. The van der Waals surface area contributed by atoms with Gasteiger partial charge in [-0.15, -0.1) is 0 Å². The van der Waals surface area contributed by atoms with E-state index >= 15 is 0 Å². The van der Waals surface area contributed by atoms with Gasteiger partial charge in [0.15, 0.2) is 4.98 Å². The van der Waals surface area contributed by atoms with Gasteiger partial charge in [0.1, 0.15) is 0 Å². The normalized spacial score (nSPS) is 16.1. The Hall–Kier alpha value is -3.98. The number of carbonyl (C=O) groups excluding carboxylic acids is 2. The van der Waals surface area contributed by atoms with E-state index in [-0.39, 0.29) is 23.0 Å². The lowest BCUT2D eigenvalue weighted by molar-refractivity contribution is -0.109. The van der Waals surface area contributed by atoms with Crippen molar-refractivity contribution in [3.63, 3.8) is 0 Å². The maximum absolute atomic E-state index is 12.3. The molecule has 6 nitrogen and oxygen atoms in total. The van der Waals surface area contributed by atoms with Crippen molar-refractivity contribution in [1.82, 2.24) is 0 Å². The topological polar surface area (TPSA) is 96.9 Å². The number of hydrogen-bond acceptors (Lipinski definition) is 4. The highest BCUT2D eigenvalue weighted by atomic mass is 16.1. The summed E-state index contributed by atoms with van der Waals surface area (Å²) in [5.74, 6) is -0.695. The van der Waals surface area contributed by atoms with E-state index in [1.165, 1.54) is 12.2 Å². The average Bonchev–Trinajstić information content (AvgIpc) is 2.67. The lowest BCUT2D eigenvalue weighted by atomic mass is 9.97. The predicted octanol–water partition coefficient (Wildman–Crippen LogP) is 2.41. The first-order chi connectivity index (χ1) is 12.6. The Kier molecular flexibility index (Phi) is 3.48. The van der Waals surface area contributed by atoms with E-state index in [0.29, 0.717) is 10.8 Å². The summed E-state index contributed by atoms with van der Waals surface area (Å²) in [6, 6.07) is 10.7. The van der Waals surface area contributed by atoms with Crippen LogP contribution in [0, 0.1) is 15.8 Å². The third-order valence-corrected chi connectivity index (χ3v) is 4.46. The van der Waals surface area contributed by atoms with Crippen LogP contribution >= 0.6 is 0 Å². The molecule has 2 aliphatic carbocycles. The number of nitrogens with zero attached hydrogens (tertiary/aromatic N) is 4. The lowest BCUT2D eigenvalue weighted by Crippen LogP contribution is -2.21. The minimum absolute atomic E-state index is 0.00279. The van der Waals surface area contributed by atoms with E-state index in [9.17, 15) is 9.59 Å². The maximum atomic E-state index is 12.3. The molecule has 0 amide bonds. The van der Waals surface area contributed by atoms with Gasteiger partial charge in [-0.2, -0.15) is 0 Å². The number of allylic oxidation sites excluding steroid dienone is 2. The summed E-state index contributed by atoms with van der Waals surface area (Å²) >= 11 is 0. The summed E-state index contributed by atoms with van der Waals surface area (Å²) in [5, 5.41) is 15.1. The molecule has 2 aromatic rings. The first-order valence-corrected chi connectivity index (χ1v) is 7.81. The molecule has 0 fully saturated rings. The van der Waals surface area contributed by atoms with E-state index in [1.54, 1.807) is 36.4 Å². The smallest absolute Gasteiger partial charge is 0.439 e. The Labute approximate surface area is 146 Å². The Morgan fingerprint density at radius 1 is 1.00 bits per heavy atom. The van der Waals surface area contributed by atoms with Crippen molar-refractivity contribution >= 4 is 29.4 Å². The Balaban J connectivity index is 2.14. The van der Waals surface area contributed by atoms with E-state index in [1.807, 2.05) is 12.1 Å². The summed E-state index contributed by atoms with van der Waals surface area (Å²) in [6.07, 6.45) is 6.24. The summed E-state index contributed by atoms with van der Waals surface area (Å²) in [4.78, 5) is 27.2. The van der Waals surface area contributed by atoms with Crippen molar-refractivity contribution in [3.8, 4) is 0 Å². The number of diazo groups is 1. The number of carbonyl (C=O) groups is 2. The molecule has 26 heavy (non-hydrogen) atoms. The first kappa shape index (κ1) is 15.5. The van der Waals surface area contributed by atoms with Crippen LogP contribution in [-0.2, 0) is 4.79 Å². The van der Waals surface area contributed by atoms with Crippen molar-refractivity contribution in [1.29, 1.82) is 5.39 Å². The molecule has 6 heteroatoms. The summed E-state index contributed by atoms with van der Waals surface area (Å²) < 4.78 is 0. The molecule has 0 bridgehead atoms. The van der Waals surface area contributed by atoms with Crippen LogP contribution < -0.4 is 10.4 Å². The van der Waals surface area contributed by atoms with Crippen LogP contribution in [0.2, 0.25) is 0 Å². The molecular formula is C20H10N4O2. The zero-order chi connectivity index (χ0) is 18.3. The molecule has 0 N–H and O–H groups in total. The van der Waals surface area contributed by atoms with Gasteiger partial charge in [0.25, 0.3) is 5.78 Å². The monoisotopic (exact) mass is 338 g/mol.